The average molecular weight is 469 g/mol. The molecule has 0 spiro atoms. The van der Waals surface area contributed by atoms with Crippen LogP contribution in [0, 0.1) is 11.6 Å². The second kappa shape index (κ2) is 9.56. The zero-order chi connectivity index (χ0) is 23.5. The average Bonchev–Trinajstić information content (AvgIpc) is 3.11. The number of nitrogens with one attached hydrogen (secondary N) is 1. The van der Waals surface area contributed by atoms with Crippen molar-refractivity contribution in [1.82, 2.24) is 4.57 Å². The molecule has 32 heavy (non-hydrogen) atoms. The van der Waals surface area contributed by atoms with Crippen molar-refractivity contribution in [2.45, 2.75) is 25.5 Å². The number of hydrogen-bond donors (Lipinski definition) is 1. The Morgan fingerprint density at radius 2 is 1.72 bits per heavy atom. The van der Waals surface area contributed by atoms with Gasteiger partial charge in [0.1, 0.15) is 17.2 Å². The van der Waals surface area contributed by atoms with Gasteiger partial charge in [0.05, 0.1) is 17.3 Å². The minimum absolute atomic E-state index is 0.124. The summed E-state index contributed by atoms with van der Waals surface area (Å²) in [6.45, 7) is 1.86. The molecule has 0 aliphatic rings. The molecular weight excluding hydrogens is 451 g/mol. The van der Waals surface area contributed by atoms with E-state index in [1.54, 1.807) is 12.2 Å². The molecule has 0 radical (unpaired) electrons. The maximum Gasteiger partial charge on any atom is 0.418 e. The molecule has 1 N–H and O–H groups in total. The first-order chi connectivity index (χ1) is 15.2. The fourth-order valence-electron chi connectivity index (χ4n) is 3.22. The summed E-state index contributed by atoms with van der Waals surface area (Å²) < 4.78 is 70.0. The Morgan fingerprint density at radius 1 is 1.09 bits per heavy atom. The topological polar surface area (TPSA) is 34.0 Å². The lowest BCUT2D eigenvalue weighted by molar-refractivity contribution is -0.137. The molecule has 0 aliphatic heterocycles. The number of hydrogen-bond acceptors (Lipinski definition) is 1. The lowest BCUT2D eigenvalue weighted by Crippen LogP contribution is -2.15. The van der Waals surface area contributed by atoms with E-state index < -0.39 is 34.8 Å². The number of rotatable bonds is 6. The first-order valence-corrected chi connectivity index (χ1v) is 10.1. The summed E-state index contributed by atoms with van der Waals surface area (Å²) >= 11 is 5.96. The molecule has 0 aliphatic carbocycles. The van der Waals surface area contributed by atoms with Crippen LogP contribution in [-0.4, -0.2) is 10.5 Å². The maximum absolute atomic E-state index is 13.8. The molecule has 1 heterocycles. The Balaban J connectivity index is 1.97. The predicted molar refractivity (Wildman–Crippen MR) is 114 cm³/mol. The SMILES string of the molecule is CC/C=C\c1cc(C(F)(F)F)c(-c2ccc(NC(=O)c3c(F)cccc3F)cc2)n1CCl. The third kappa shape index (κ3) is 4.85. The molecule has 1 aromatic heterocycles. The Kier molecular flexibility index (Phi) is 7.03. The van der Waals surface area contributed by atoms with Crippen molar-refractivity contribution in [2.24, 2.45) is 0 Å². The van der Waals surface area contributed by atoms with Gasteiger partial charge in [-0.25, -0.2) is 8.78 Å². The van der Waals surface area contributed by atoms with Crippen LogP contribution in [0.5, 0.6) is 0 Å². The van der Waals surface area contributed by atoms with Crippen LogP contribution in [0.2, 0.25) is 0 Å². The molecule has 0 fully saturated rings. The molecule has 0 atom stereocenters. The number of halogens is 6. The first-order valence-electron chi connectivity index (χ1n) is 9.56. The Labute approximate surface area is 186 Å². The van der Waals surface area contributed by atoms with Crippen LogP contribution in [0.4, 0.5) is 27.6 Å². The standard InChI is InChI=1S/C23H18ClF5N2O/c1-2-3-5-16-12-17(23(27,28)29)21(31(16)13-24)14-8-10-15(11-9-14)30-22(32)20-18(25)6-4-7-19(20)26/h3-12H,2,13H2,1H3,(H,30,32)/b5-3-. The van der Waals surface area contributed by atoms with Crippen LogP contribution in [0.25, 0.3) is 17.3 Å². The van der Waals surface area contributed by atoms with Crippen LogP contribution in [0.3, 0.4) is 0 Å². The van der Waals surface area contributed by atoms with E-state index in [1.165, 1.54) is 28.8 Å². The van der Waals surface area contributed by atoms with Gasteiger partial charge in [-0.2, -0.15) is 13.2 Å². The van der Waals surface area contributed by atoms with Crippen LogP contribution in [0.15, 0.2) is 54.6 Å². The highest BCUT2D eigenvalue weighted by Gasteiger charge is 2.37. The van der Waals surface area contributed by atoms with Gasteiger partial charge >= 0.3 is 6.18 Å². The Hall–Kier alpha value is -3.13. The van der Waals surface area contributed by atoms with E-state index in [4.69, 9.17) is 11.6 Å². The maximum atomic E-state index is 13.8. The zero-order valence-corrected chi connectivity index (χ0v) is 17.6. The normalized spacial score (nSPS) is 11.8. The van der Waals surface area contributed by atoms with E-state index in [-0.39, 0.29) is 22.9 Å². The summed E-state index contributed by atoms with van der Waals surface area (Å²) in [5.41, 5.74) is -1.05. The summed E-state index contributed by atoms with van der Waals surface area (Å²) in [5.74, 6) is -3.07. The smallest absolute Gasteiger partial charge is 0.326 e. The number of allylic oxidation sites excluding steroid dienone is 1. The monoisotopic (exact) mass is 468 g/mol. The van der Waals surface area contributed by atoms with Crippen LogP contribution in [0.1, 0.15) is 35.0 Å². The molecule has 9 heteroatoms. The van der Waals surface area contributed by atoms with Gasteiger partial charge in [-0.3, -0.25) is 4.79 Å². The molecule has 3 nitrogen and oxygen atoms in total. The fourth-order valence-corrected chi connectivity index (χ4v) is 3.48. The second-order valence-electron chi connectivity index (χ2n) is 6.82. The van der Waals surface area contributed by atoms with Crippen LogP contribution < -0.4 is 5.32 Å². The molecule has 0 saturated heterocycles. The third-order valence-corrected chi connectivity index (χ3v) is 4.92. The van der Waals surface area contributed by atoms with Gasteiger partial charge in [0.25, 0.3) is 5.91 Å². The lowest BCUT2D eigenvalue weighted by Gasteiger charge is -2.13. The highest BCUT2D eigenvalue weighted by Crippen LogP contribution is 2.40. The van der Waals surface area contributed by atoms with Gasteiger partial charge in [-0.15, -0.1) is 11.6 Å². The van der Waals surface area contributed by atoms with Gasteiger partial charge < -0.3 is 9.88 Å². The molecule has 168 valence electrons. The summed E-state index contributed by atoms with van der Waals surface area (Å²) in [6, 6.07) is 9.28. The lowest BCUT2D eigenvalue weighted by atomic mass is 10.1. The van der Waals surface area contributed by atoms with Crippen molar-refractivity contribution >= 4 is 29.3 Å². The van der Waals surface area contributed by atoms with Crippen LogP contribution >= 0.6 is 11.6 Å². The van der Waals surface area contributed by atoms with Crippen molar-refractivity contribution in [2.75, 3.05) is 5.32 Å². The molecule has 2 aromatic carbocycles. The number of carbonyl (C=O) groups excluding carboxylic acids is 1. The Bertz CT molecular complexity index is 1130. The number of benzene rings is 2. The summed E-state index contributed by atoms with van der Waals surface area (Å²) in [5, 5.41) is 2.34. The predicted octanol–water partition coefficient (Wildman–Crippen LogP) is 7.32. The van der Waals surface area contributed by atoms with Gasteiger partial charge in [0.15, 0.2) is 0 Å². The van der Waals surface area contributed by atoms with Crippen molar-refractivity contribution in [3.63, 3.8) is 0 Å². The molecule has 0 bridgehead atoms. The van der Waals surface area contributed by atoms with E-state index in [0.29, 0.717) is 12.1 Å². The van der Waals surface area contributed by atoms with E-state index in [0.717, 1.165) is 24.3 Å². The van der Waals surface area contributed by atoms with Gasteiger partial charge in [0, 0.05) is 11.4 Å². The molecular formula is C23H18ClF5N2O. The van der Waals surface area contributed by atoms with Gasteiger partial charge in [-0.1, -0.05) is 31.2 Å². The molecule has 0 saturated carbocycles. The van der Waals surface area contributed by atoms with Crippen molar-refractivity contribution in [3.8, 4) is 11.3 Å². The van der Waals surface area contributed by atoms with E-state index in [1.807, 2.05) is 6.92 Å². The number of aromatic nitrogens is 1. The quantitative estimate of drug-likeness (QED) is 0.298. The zero-order valence-electron chi connectivity index (χ0n) is 16.8. The van der Waals surface area contributed by atoms with Gasteiger partial charge in [0.2, 0.25) is 0 Å². The number of anilines is 1. The van der Waals surface area contributed by atoms with Crippen molar-refractivity contribution in [1.29, 1.82) is 0 Å². The molecule has 3 aromatic rings. The van der Waals surface area contributed by atoms with Gasteiger partial charge in [-0.05, 0) is 48.4 Å². The highest BCUT2D eigenvalue weighted by molar-refractivity contribution is 6.15. The second-order valence-corrected chi connectivity index (χ2v) is 7.05. The minimum atomic E-state index is -4.61. The minimum Gasteiger partial charge on any atom is -0.326 e. The number of alkyl halides is 4. The molecule has 0 unspecified atom stereocenters. The number of amides is 1. The first kappa shape index (κ1) is 23.5. The molecule has 1 amide bonds. The summed E-state index contributed by atoms with van der Waals surface area (Å²) in [6.07, 6.45) is -0.681. The largest absolute Gasteiger partial charge is 0.418 e. The third-order valence-electron chi connectivity index (χ3n) is 4.68. The molecule has 3 rings (SSSR count). The van der Waals surface area contributed by atoms with E-state index >= 15 is 0 Å². The van der Waals surface area contributed by atoms with Crippen molar-refractivity contribution in [3.05, 3.63) is 83.1 Å². The highest BCUT2D eigenvalue weighted by atomic mass is 35.5. The fraction of sp³-hybridized carbons (Fsp3) is 0.174. The van der Waals surface area contributed by atoms with E-state index in [9.17, 15) is 26.7 Å². The Morgan fingerprint density at radius 3 is 2.25 bits per heavy atom. The number of carbonyl (C=O) groups is 1. The number of nitrogens with zero attached hydrogens (tertiary/aromatic N) is 1. The summed E-state index contributed by atoms with van der Waals surface area (Å²) in [4.78, 5) is 12.2. The van der Waals surface area contributed by atoms with Crippen LogP contribution in [-0.2, 0) is 12.2 Å². The van der Waals surface area contributed by atoms with E-state index in [2.05, 4.69) is 5.32 Å². The van der Waals surface area contributed by atoms with Crippen molar-refractivity contribution < 1.29 is 26.7 Å². The summed E-state index contributed by atoms with van der Waals surface area (Å²) in [7, 11) is 0.